The molecule has 0 bridgehead atoms. The van der Waals surface area contributed by atoms with Crippen LogP contribution in [0.2, 0.25) is 0 Å². The van der Waals surface area contributed by atoms with Crippen molar-refractivity contribution in [2.45, 2.75) is 25.8 Å². The van der Waals surface area contributed by atoms with Gasteiger partial charge in [-0.15, -0.1) is 0 Å². The van der Waals surface area contributed by atoms with E-state index < -0.39 is 0 Å². The highest BCUT2D eigenvalue weighted by Crippen LogP contribution is 2.20. The summed E-state index contributed by atoms with van der Waals surface area (Å²) in [5.74, 6) is -0.200. The summed E-state index contributed by atoms with van der Waals surface area (Å²) in [6, 6.07) is 15.3. The Bertz CT molecular complexity index is 912. The molecule has 3 aromatic rings. The van der Waals surface area contributed by atoms with Gasteiger partial charge in [0.1, 0.15) is 6.61 Å². The molecule has 0 saturated carbocycles. The molecule has 25 heavy (non-hydrogen) atoms. The lowest BCUT2D eigenvalue weighted by Crippen LogP contribution is -2.12. The van der Waals surface area contributed by atoms with Crippen molar-refractivity contribution in [3.8, 4) is 0 Å². The molecule has 2 aromatic carbocycles. The number of aromatic nitrogens is 1. The second-order valence-electron chi connectivity index (χ2n) is 5.94. The maximum Gasteiger partial charge on any atom is 0.306 e. The van der Waals surface area contributed by atoms with Crippen LogP contribution in [0.4, 0.5) is 0 Å². The lowest BCUT2D eigenvalue weighted by atomic mass is 10.1. The third-order valence-electron chi connectivity index (χ3n) is 4.25. The third kappa shape index (κ3) is 3.63. The maximum absolute atomic E-state index is 12.7. The zero-order chi connectivity index (χ0) is 17.6. The Morgan fingerprint density at radius 1 is 1.00 bits per heavy atom. The number of para-hydroxylation sites is 2. The first-order chi connectivity index (χ1) is 12.2. The highest BCUT2D eigenvalue weighted by Gasteiger charge is 2.10. The maximum atomic E-state index is 12.7. The number of benzene rings is 2. The molecule has 0 unspecified atom stereocenters. The number of ether oxygens (including phenoxy) is 1. The number of hydrogen-bond acceptors (Lipinski definition) is 3. The molecule has 0 aliphatic carbocycles. The Labute approximate surface area is 146 Å². The average Bonchev–Trinajstić information content (AvgIpc) is 2.65. The van der Waals surface area contributed by atoms with Crippen molar-refractivity contribution in [3.63, 3.8) is 0 Å². The van der Waals surface area contributed by atoms with Gasteiger partial charge >= 0.3 is 5.97 Å². The summed E-state index contributed by atoms with van der Waals surface area (Å²) in [6.45, 7) is 4.53. The van der Waals surface area contributed by atoms with E-state index in [9.17, 15) is 9.59 Å². The molecule has 1 aromatic heterocycles. The number of pyridine rings is 1. The van der Waals surface area contributed by atoms with Crippen LogP contribution >= 0.6 is 0 Å². The number of rotatable bonds is 7. The van der Waals surface area contributed by atoms with Crippen molar-refractivity contribution in [2.75, 3.05) is 6.61 Å². The van der Waals surface area contributed by atoms with E-state index in [4.69, 9.17) is 4.74 Å². The van der Waals surface area contributed by atoms with E-state index >= 15 is 0 Å². The molecule has 0 saturated heterocycles. The van der Waals surface area contributed by atoms with Crippen LogP contribution in [0.3, 0.4) is 0 Å². The molecule has 0 spiro atoms. The molecule has 128 valence electrons. The van der Waals surface area contributed by atoms with Crippen molar-refractivity contribution in [3.05, 3.63) is 71.4 Å². The normalized spacial score (nSPS) is 10.9. The fraction of sp³-hybridized carbons (Fsp3) is 0.238. The van der Waals surface area contributed by atoms with Crippen LogP contribution in [0.25, 0.3) is 21.8 Å². The molecule has 1 heterocycles. The predicted molar refractivity (Wildman–Crippen MR) is 101 cm³/mol. The SMILES string of the molecule is C=CCOC(=O)CCCCn1c2ccccc2c(=O)c2ccccc21. The van der Waals surface area contributed by atoms with Crippen molar-refractivity contribution in [1.82, 2.24) is 4.57 Å². The second-order valence-corrected chi connectivity index (χ2v) is 5.94. The molecule has 0 radical (unpaired) electrons. The molecule has 0 fully saturated rings. The molecule has 0 aliphatic rings. The summed E-state index contributed by atoms with van der Waals surface area (Å²) >= 11 is 0. The number of esters is 1. The molecule has 3 rings (SSSR count). The minimum absolute atomic E-state index is 0.0652. The van der Waals surface area contributed by atoms with E-state index in [0.717, 1.165) is 41.2 Å². The summed E-state index contributed by atoms with van der Waals surface area (Å²) in [4.78, 5) is 24.2. The van der Waals surface area contributed by atoms with Crippen LogP contribution in [-0.2, 0) is 16.1 Å². The molecule has 0 atom stereocenters. The van der Waals surface area contributed by atoms with E-state index in [2.05, 4.69) is 11.1 Å². The number of hydrogen-bond donors (Lipinski definition) is 0. The van der Waals surface area contributed by atoms with Gasteiger partial charge in [-0.3, -0.25) is 9.59 Å². The van der Waals surface area contributed by atoms with Crippen LogP contribution in [0, 0.1) is 0 Å². The van der Waals surface area contributed by atoms with Gasteiger partial charge < -0.3 is 9.30 Å². The van der Waals surface area contributed by atoms with Crippen LogP contribution in [0.15, 0.2) is 66.0 Å². The first-order valence-corrected chi connectivity index (χ1v) is 8.49. The van der Waals surface area contributed by atoms with Crippen LogP contribution in [0.5, 0.6) is 0 Å². The van der Waals surface area contributed by atoms with Gasteiger partial charge in [-0.2, -0.15) is 0 Å². The van der Waals surface area contributed by atoms with Crippen molar-refractivity contribution >= 4 is 27.8 Å². The summed E-state index contributed by atoms with van der Waals surface area (Å²) in [5, 5.41) is 1.46. The van der Waals surface area contributed by atoms with Gasteiger partial charge in [0, 0.05) is 23.7 Å². The molecule has 0 N–H and O–H groups in total. The zero-order valence-corrected chi connectivity index (χ0v) is 14.1. The first-order valence-electron chi connectivity index (χ1n) is 8.49. The average molecular weight is 335 g/mol. The standard InChI is InChI=1S/C21H21NO3/c1-2-15-25-20(23)13-7-8-14-22-18-11-5-3-9-16(18)21(24)17-10-4-6-12-19(17)22/h2-6,9-12H,1,7-8,13-15H2. The number of fused-ring (bicyclic) bond motifs is 2. The number of aryl methyl sites for hydroxylation is 1. The monoisotopic (exact) mass is 335 g/mol. The Kier molecular flexibility index (Phi) is 5.29. The molecule has 4 nitrogen and oxygen atoms in total. The van der Waals surface area contributed by atoms with E-state index in [1.807, 2.05) is 48.5 Å². The lowest BCUT2D eigenvalue weighted by Gasteiger charge is -2.15. The van der Waals surface area contributed by atoms with Gasteiger partial charge in [0.25, 0.3) is 0 Å². The van der Waals surface area contributed by atoms with Crippen LogP contribution in [0.1, 0.15) is 19.3 Å². The minimum Gasteiger partial charge on any atom is -0.461 e. The predicted octanol–water partition coefficient (Wildman–Crippen LogP) is 4.05. The minimum atomic E-state index is -0.200. The Hall–Kier alpha value is -2.88. The van der Waals surface area contributed by atoms with E-state index in [1.54, 1.807) is 6.08 Å². The van der Waals surface area contributed by atoms with Crippen molar-refractivity contribution in [2.24, 2.45) is 0 Å². The van der Waals surface area contributed by atoms with Gasteiger partial charge in [-0.25, -0.2) is 0 Å². The van der Waals surface area contributed by atoms with Gasteiger partial charge in [-0.1, -0.05) is 36.9 Å². The summed E-state index contributed by atoms with van der Waals surface area (Å²) in [5.41, 5.74) is 1.93. The Morgan fingerprint density at radius 3 is 2.20 bits per heavy atom. The van der Waals surface area contributed by atoms with Gasteiger partial charge in [0.2, 0.25) is 0 Å². The fourth-order valence-electron chi connectivity index (χ4n) is 3.08. The third-order valence-corrected chi connectivity index (χ3v) is 4.25. The van der Waals surface area contributed by atoms with E-state index in [1.165, 1.54) is 0 Å². The van der Waals surface area contributed by atoms with Gasteiger partial charge in [0.05, 0.1) is 11.0 Å². The first kappa shape index (κ1) is 17.0. The van der Waals surface area contributed by atoms with Crippen molar-refractivity contribution in [1.29, 1.82) is 0 Å². The summed E-state index contributed by atoms with van der Waals surface area (Å²) in [7, 11) is 0. The van der Waals surface area contributed by atoms with Crippen LogP contribution in [-0.4, -0.2) is 17.1 Å². The topological polar surface area (TPSA) is 48.3 Å². The molecular weight excluding hydrogens is 314 g/mol. The van der Waals surface area contributed by atoms with E-state index in [-0.39, 0.29) is 18.0 Å². The zero-order valence-electron chi connectivity index (χ0n) is 14.1. The van der Waals surface area contributed by atoms with Crippen molar-refractivity contribution < 1.29 is 9.53 Å². The number of nitrogens with zero attached hydrogens (tertiary/aromatic N) is 1. The molecular formula is C21H21NO3. The fourth-order valence-corrected chi connectivity index (χ4v) is 3.08. The number of carbonyl (C=O) groups excluding carboxylic acids is 1. The summed E-state index contributed by atoms with van der Waals surface area (Å²) < 4.78 is 7.16. The molecule has 4 heteroatoms. The Balaban J connectivity index is 1.85. The number of carbonyl (C=O) groups is 1. The largest absolute Gasteiger partial charge is 0.461 e. The quantitative estimate of drug-likeness (QED) is 0.283. The number of unbranched alkanes of at least 4 members (excludes halogenated alkanes) is 1. The van der Waals surface area contributed by atoms with Crippen LogP contribution < -0.4 is 5.43 Å². The smallest absolute Gasteiger partial charge is 0.306 e. The van der Waals surface area contributed by atoms with Gasteiger partial charge in [-0.05, 0) is 37.1 Å². The molecule has 0 amide bonds. The second kappa shape index (κ2) is 7.79. The van der Waals surface area contributed by atoms with E-state index in [0.29, 0.717) is 6.42 Å². The van der Waals surface area contributed by atoms with Gasteiger partial charge in [0.15, 0.2) is 5.43 Å². The highest BCUT2D eigenvalue weighted by molar-refractivity contribution is 5.93. The lowest BCUT2D eigenvalue weighted by molar-refractivity contribution is -0.142. The Morgan fingerprint density at radius 2 is 1.60 bits per heavy atom. The highest BCUT2D eigenvalue weighted by atomic mass is 16.5. The molecule has 0 aliphatic heterocycles. The summed E-state index contributed by atoms with van der Waals surface area (Å²) in [6.07, 6.45) is 3.53.